The molecule has 3 aromatic carbocycles. The molecule has 214 valence electrons. The number of oxazole rings is 1. The average molecular weight is 619 g/mol. The summed E-state index contributed by atoms with van der Waals surface area (Å²) in [5, 5.41) is 3.59. The van der Waals surface area contributed by atoms with Crippen LogP contribution in [0.4, 0.5) is 15.8 Å². The molecule has 0 bridgehead atoms. The smallest absolute Gasteiger partial charge is 0.243 e. The third-order valence-electron chi connectivity index (χ3n) is 7.60. The highest BCUT2D eigenvalue weighted by atomic mass is 35.5. The molecule has 0 spiro atoms. The number of benzene rings is 3. The van der Waals surface area contributed by atoms with Gasteiger partial charge in [0.1, 0.15) is 11.3 Å². The normalized spacial score (nSPS) is 16.4. The Balaban J connectivity index is 1.21. The summed E-state index contributed by atoms with van der Waals surface area (Å²) in [4.78, 5) is 19.8. The van der Waals surface area contributed by atoms with E-state index in [0.717, 1.165) is 0 Å². The third-order valence-corrected chi connectivity index (χ3v) is 9.94. The van der Waals surface area contributed by atoms with Crippen LogP contribution in [-0.2, 0) is 24.8 Å². The predicted molar refractivity (Wildman–Crippen MR) is 155 cm³/mol. The van der Waals surface area contributed by atoms with Gasteiger partial charge in [-0.05, 0) is 61.4 Å². The second-order valence-corrected chi connectivity index (χ2v) is 13.4. The van der Waals surface area contributed by atoms with E-state index in [4.69, 9.17) is 32.4 Å². The number of carbonyl (C=O) groups is 1. The SMILES string of the molecule is CCS(=O)(=O)c1ccc(N(CC(=O)Nc2cc(Cl)c(C3(c4nc5ccc(F)cc5o4)CC3)c(Cl)c2)C2COC2)cc1. The van der Waals surface area contributed by atoms with Crippen LogP contribution < -0.4 is 10.2 Å². The number of rotatable bonds is 9. The Morgan fingerprint density at radius 3 is 2.37 bits per heavy atom. The fourth-order valence-electron chi connectivity index (χ4n) is 5.10. The van der Waals surface area contributed by atoms with Crippen LogP contribution in [-0.4, -0.2) is 50.9 Å². The summed E-state index contributed by atoms with van der Waals surface area (Å²) in [5.74, 6) is -0.278. The number of fused-ring (bicyclic) bond motifs is 1. The summed E-state index contributed by atoms with van der Waals surface area (Å²) in [5.41, 5.74) is 2.07. The maximum absolute atomic E-state index is 13.7. The first kappa shape index (κ1) is 28.0. The molecule has 2 aliphatic rings. The van der Waals surface area contributed by atoms with Gasteiger partial charge in [-0.2, -0.15) is 0 Å². The van der Waals surface area contributed by atoms with Crippen LogP contribution >= 0.6 is 23.2 Å². The zero-order valence-corrected chi connectivity index (χ0v) is 24.3. The molecule has 12 heteroatoms. The van der Waals surface area contributed by atoms with Crippen molar-refractivity contribution in [2.45, 2.75) is 36.1 Å². The van der Waals surface area contributed by atoms with Crippen LogP contribution in [0.1, 0.15) is 31.2 Å². The van der Waals surface area contributed by atoms with Crippen molar-refractivity contribution in [2.24, 2.45) is 0 Å². The summed E-state index contributed by atoms with van der Waals surface area (Å²) >= 11 is 13.4. The molecule has 0 radical (unpaired) electrons. The van der Waals surface area contributed by atoms with Crippen molar-refractivity contribution in [1.29, 1.82) is 0 Å². The third kappa shape index (κ3) is 5.30. The molecule has 0 atom stereocenters. The minimum atomic E-state index is -3.33. The van der Waals surface area contributed by atoms with Gasteiger partial charge in [-0.25, -0.2) is 17.8 Å². The highest BCUT2D eigenvalue weighted by Gasteiger charge is 2.52. The maximum Gasteiger partial charge on any atom is 0.243 e. The Morgan fingerprint density at radius 1 is 1.10 bits per heavy atom. The lowest BCUT2D eigenvalue weighted by atomic mass is 9.95. The monoisotopic (exact) mass is 617 g/mol. The lowest BCUT2D eigenvalue weighted by Gasteiger charge is -2.38. The van der Waals surface area contributed by atoms with Gasteiger partial charge in [0.05, 0.1) is 41.9 Å². The molecule has 2 fully saturated rings. The van der Waals surface area contributed by atoms with Crippen molar-refractivity contribution in [2.75, 3.05) is 35.7 Å². The van der Waals surface area contributed by atoms with E-state index < -0.39 is 21.1 Å². The van der Waals surface area contributed by atoms with Crippen LogP contribution in [0.5, 0.6) is 0 Å². The highest BCUT2D eigenvalue weighted by Crippen LogP contribution is 2.57. The molecule has 1 N–H and O–H groups in total. The first-order valence-electron chi connectivity index (χ1n) is 13.1. The zero-order chi connectivity index (χ0) is 28.9. The number of sulfone groups is 1. The molecule has 1 saturated heterocycles. The van der Waals surface area contributed by atoms with Gasteiger partial charge in [0.15, 0.2) is 15.4 Å². The standard InChI is InChI=1S/C29H26Cl2FN3O5S/c1-2-41(37,38)21-6-4-19(5-7-21)35(20-15-39-16-20)14-26(36)33-18-12-22(30)27(23(31)13-18)29(9-10-29)28-34-24-8-3-17(32)11-25(24)40-28/h3-8,11-13,20H,2,9-10,14-16H2,1H3,(H,33,36). The second-order valence-electron chi connectivity index (χ2n) is 10.3. The number of amides is 1. The summed E-state index contributed by atoms with van der Waals surface area (Å²) in [7, 11) is -3.33. The van der Waals surface area contributed by atoms with Crippen molar-refractivity contribution in [3.63, 3.8) is 0 Å². The van der Waals surface area contributed by atoms with Crippen molar-refractivity contribution in [3.05, 3.63) is 81.9 Å². The number of halogens is 3. The van der Waals surface area contributed by atoms with E-state index in [1.807, 2.05) is 4.90 Å². The Morgan fingerprint density at radius 2 is 1.78 bits per heavy atom. The molecule has 1 aliphatic heterocycles. The van der Waals surface area contributed by atoms with Crippen molar-refractivity contribution in [3.8, 4) is 0 Å². The topological polar surface area (TPSA) is 102 Å². The molecule has 1 amide bonds. The number of ether oxygens (including phenoxy) is 1. The van der Waals surface area contributed by atoms with Crippen LogP contribution in [0.15, 0.2) is 63.9 Å². The van der Waals surface area contributed by atoms with E-state index >= 15 is 0 Å². The zero-order valence-electron chi connectivity index (χ0n) is 22.0. The summed E-state index contributed by atoms with van der Waals surface area (Å²) in [6.45, 7) is 2.52. The predicted octanol–water partition coefficient (Wildman–Crippen LogP) is 5.99. The molecular formula is C29H26Cl2FN3O5S. The largest absolute Gasteiger partial charge is 0.440 e. The molecule has 1 aliphatic carbocycles. The molecule has 8 nitrogen and oxygen atoms in total. The number of hydrogen-bond donors (Lipinski definition) is 1. The van der Waals surface area contributed by atoms with Gasteiger partial charge in [0, 0.05) is 33.0 Å². The van der Waals surface area contributed by atoms with Gasteiger partial charge < -0.3 is 19.4 Å². The average Bonchev–Trinajstić information content (AvgIpc) is 3.58. The number of carbonyl (C=O) groups excluding carboxylic acids is 1. The van der Waals surface area contributed by atoms with E-state index in [1.165, 1.54) is 12.1 Å². The van der Waals surface area contributed by atoms with E-state index in [9.17, 15) is 17.6 Å². The van der Waals surface area contributed by atoms with Gasteiger partial charge in [-0.3, -0.25) is 4.79 Å². The maximum atomic E-state index is 13.7. The molecule has 6 rings (SSSR count). The number of nitrogens with one attached hydrogen (secondary N) is 1. The Bertz CT molecular complexity index is 1730. The van der Waals surface area contributed by atoms with Crippen molar-refractivity contribution < 1.29 is 26.8 Å². The fraction of sp³-hybridized carbons (Fsp3) is 0.310. The Hall–Kier alpha value is -3.18. The van der Waals surface area contributed by atoms with E-state index in [2.05, 4.69) is 10.3 Å². The van der Waals surface area contributed by atoms with Gasteiger partial charge in [0.2, 0.25) is 11.8 Å². The van der Waals surface area contributed by atoms with E-state index in [-0.39, 0.29) is 29.1 Å². The van der Waals surface area contributed by atoms with Crippen LogP contribution in [0, 0.1) is 5.82 Å². The summed E-state index contributed by atoms with van der Waals surface area (Å²) < 4.78 is 49.3. The van der Waals surface area contributed by atoms with E-state index in [0.29, 0.717) is 70.0 Å². The van der Waals surface area contributed by atoms with E-state index in [1.54, 1.807) is 49.4 Å². The number of anilines is 2. The first-order valence-corrected chi connectivity index (χ1v) is 15.5. The minimum absolute atomic E-state index is 0.00823. The van der Waals surface area contributed by atoms with Gasteiger partial charge in [0.25, 0.3) is 0 Å². The number of nitrogens with zero attached hydrogens (tertiary/aromatic N) is 2. The molecule has 0 unspecified atom stereocenters. The first-order chi connectivity index (χ1) is 19.6. The molecule has 1 saturated carbocycles. The van der Waals surface area contributed by atoms with Crippen LogP contribution in [0.2, 0.25) is 10.0 Å². The highest BCUT2D eigenvalue weighted by molar-refractivity contribution is 7.91. The molecule has 1 aromatic heterocycles. The van der Waals surface area contributed by atoms with Crippen LogP contribution in [0.25, 0.3) is 11.1 Å². The Kier molecular flexibility index (Phi) is 7.22. The molecule has 4 aromatic rings. The number of aromatic nitrogens is 1. The Labute approximate surface area is 246 Å². The summed E-state index contributed by atoms with van der Waals surface area (Å²) in [6.07, 6.45) is 1.43. The second kappa shape index (κ2) is 10.6. The van der Waals surface area contributed by atoms with Gasteiger partial charge in [-0.15, -0.1) is 0 Å². The van der Waals surface area contributed by atoms with Crippen LogP contribution in [0.3, 0.4) is 0 Å². The van der Waals surface area contributed by atoms with Gasteiger partial charge in [-0.1, -0.05) is 30.1 Å². The molecule has 2 heterocycles. The van der Waals surface area contributed by atoms with Gasteiger partial charge >= 0.3 is 0 Å². The number of hydrogen-bond acceptors (Lipinski definition) is 7. The summed E-state index contributed by atoms with van der Waals surface area (Å²) in [6, 6.07) is 14.0. The van der Waals surface area contributed by atoms with Crippen molar-refractivity contribution >= 4 is 61.4 Å². The quantitative estimate of drug-likeness (QED) is 0.246. The van der Waals surface area contributed by atoms with Crippen molar-refractivity contribution in [1.82, 2.24) is 4.98 Å². The lowest BCUT2D eigenvalue weighted by molar-refractivity contribution is -0.115. The molecular weight excluding hydrogens is 592 g/mol. The molecule has 41 heavy (non-hydrogen) atoms. The minimum Gasteiger partial charge on any atom is -0.440 e. The fourth-order valence-corrected chi connectivity index (χ4v) is 6.84. The lowest BCUT2D eigenvalue weighted by Crippen LogP contribution is -2.51.